The zero-order valence-corrected chi connectivity index (χ0v) is 11.6. The van der Waals surface area contributed by atoms with Crippen molar-refractivity contribution in [2.75, 3.05) is 7.05 Å². The van der Waals surface area contributed by atoms with Gasteiger partial charge in [0.15, 0.2) is 0 Å². The van der Waals surface area contributed by atoms with Crippen LogP contribution in [0.15, 0.2) is 0 Å². The minimum Gasteiger partial charge on any atom is -0.341 e. The highest BCUT2D eigenvalue weighted by atomic mass is 16.2. The fraction of sp³-hybridized carbons (Fsp3) is 0.929. The lowest BCUT2D eigenvalue weighted by Gasteiger charge is -2.35. The van der Waals surface area contributed by atoms with E-state index < -0.39 is 0 Å². The number of nitrogens with zero attached hydrogens (tertiary/aromatic N) is 1. The molecule has 0 aromatic heterocycles. The van der Waals surface area contributed by atoms with E-state index >= 15 is 0 Å². The molecule has 2 N–H and O–H groups in total. The number of amides is 1. The number of hydrogen-bond donors (Lipinski definition) is 1. The molecule has 17 heavy (non-hydrogen) atoms. The molecule has 0 bridgehead atoms. The number of rotatable bonds is 5. The van der Waals surface area contributed by atoms with Crippen molar-refractivity contribution in [3.05, 3.63) is 0 Å². The number of hydrogen-bond acceptors (Lipinski definition) is 2. The van der Waals surface area contributed by atoms with Gasteiger partial charge in [0.05, 0.1) is 6.04 Å². The number of carbonyl (C=O) groups is 1. The molecule has 0 heterocycles. The summed E-state index contributed by atoms with van der Waals surface area (Å²) in [6.45, 7) is 4.33. The fourth-order valence-corrected chi connectivity index (χ4v) is 2.82. The first kappa shape index (κ1) is 14.5. The lowest BCUT2D eigenvalue weighted by molar-refractivity contribution is -0.134. The Bertz CT molecular complexity index is 234. The van der Waals surface area contributed by atoms with E-state index in [4.69, 9.17) is 5.73 Å². The molecule has 3 heteroatoms. The molecule has 3 nitrogen and oxygen atoms in total. The van der Waals surface area contributed by atoms with Crippen LogP contribution < -0.4 is 5.73 Å². The van der Waals surface area contributed by atoms with Gasteiger partial charge < -0.3 is 10.6 Å². The Morgan fingerprint density at radius 1 is 1.29 bits per heavy atom. The predicted molar refractivity (Wildman–Crippen MR) is 71.7 cm³/mol. The SMILES string of the molecule is CCCC(N)C(=O)N(C)C1CCC(CC)CC1. The lowest BCUT2D eigenvalue weighted by atomic mass is 9.84. The molecule has 1 unspecified atom stereocenters. The first-order chi connectivity index (χ1) is 8.10. The van der Waals surface area contributed by atoms with Crippen LogP contribution in [0.5, 0.6) is 0 Å². The minimum atomic E-state index is -0.297. The van der Waals surface area contributed by atoms with Gasteiger partial charge in [-0.05, 0) is 38.0 Å². The summed E-state index contributed by atoms with van der Waals surface area (Å²) in [5, 5.41) is 0. The number of nitrogens with two attached hydrogens (primary N) is 1. The maximum Gasteiger partial charge on any atom is 0.239 e. The molecule has 100 valence electrons. The molecule has 1 rings (SSSR count). The highest BCUT2D eigenvalue weighted by Crippen LogP contribution is 2.29. The lowest BCUT2D eigenvalue weighted by Crippen LogP contribution is -2.47. The van der Waals surface area contributed by atoms with Gasteiger partial charge in [-0.15, -0.1) is 0 Å². The first-order valence-electron chi connectivity index (χ1n) is 7.12. The maximum absolute atomic E-state index is 12.1. The van der Waals surface area contributed by atoms with E-state index in [-0.39, 0.29) is 11.9 Å². The molecule has 1 aliphatic carbocycles. The Morgan fingerprint density at radius 2 is 1.88 bits per heavy atom. The third-order valence-electron chi connectivity index (χ3n) is 4.21. The molecule has 0 aliphatic heterocycles. The maximum atomic E-state index is 12.1. The van der Waals surface area contributed by atoms with Crippen molar-refractivity contribution in [3.8, 4) is 0 Å². The smallest absolute Gasteiger partial charge is 0.239 e. The van der Waals surface area contributed by atoms with Crippen molar-refractivity contribution in [2.45, 2.75) is 70.9 Å². The minimum absolute atomic E-state index is 0.131. The van der Waals surface area contributed by atoms with Gasteiger partial charge in [0.1, 0.15) is 0 Å². The average molecular weight is 240 g/mol. The topological polar surface area (TPSA) is 46.3 Å². The van der Waals surface area contributed by atoms with Gasteiger partial charge in [0.2, 0.25) is 5.91 Å². The van der Waals surface area contributed by atoms with Crippen LogP contribution in [0.25, 0.3) is 0 Å². The second kappa shape index (κ2) is 7.00. The number of carbonyl (C=O) groups excluding carboxylic acids is 1. The Balaban J connectivity index is 2.42. The van der Waals surface area contributed by atoms with Crippen LogP contribution in [0, 0.1) is 5.92 Å². The summed E-state index contributed by atoms with van der Waals surface area (Å²) in [5.74, 6) is 1.01. The predicted octanol–water partition coefficient (Wildman–Crippen LogP) is 2.54. The van der Waals surface area contributed by atoms with Gasteiger partial charge in [-0.3, -0.25) is 4.79 Å². The largest absolute Gasteiger partial charge is 0.341 e. The van der Waals surface area contributed by atoms with Crippen LogP contribution in [0.1, 0.15) is 58.8 Å². The average Bonchev–Trinajstić information content (AvgIpc) is 2.37. The quantitative estimate of drug-likeness (QED) is 0.802. The molecular weight excluding hydrogens is 212 g/mol. The summed E-state index contributed by atoms with van der Waals surface area (Å²) in [7, 11) is 1.93. The third kappa shape index (κ3) is 3.98. The Kier molecular flexibility index (Phi) is 5.96. The molecule has 0 aromatic carbocycles. The van der Waals surface area contributed by atoms with Crippen molar-refractivity contribution >= 4 is 5.91 Å². The van der Waals surface area contributed by atoms with Crippen molar-refractivity contribution in [3.63, 3.8) is 0 Å². The van der Waals surface area contributed by atoms with Gasteiger partial charge in [0.25, 0.3) is 0 Å². The van der Waals surface area contributed by atoms with Crippen molar-refractivity contribution in [2.24, 2.45) is 11.7 Å². The zero-order chi connectivity index (χ0) is 12.8. The summed E-state index contributed by atoms with van der Waals surface area (Å²) in [6, 6.07) is 0.127. The van der Waals surface area contributed by atoms with E-state index in [1.807, 2.05) is 11.9 Å². The van der Waals surface area contributed by atoms with Gasteiger partial charge in [-0.2, -0.15) is 0 Å². The molecule has 1 atom stereocenters. The van der Waals surface area contributed by atoms with Crippen LogP contribution in [0.4, 0.5) is 0 Å². The molecule has 1 aliphatic rings. The third-order valence-corrected chi connectivity index (χ3v) is 4.21. The molecule has 0 radical (unpaired) electrons. The van der Waals surface area contributed by atoms with E-state index in [2.05, 4.69) is 13.8 Å². The monoisotopic (exact) mass is 240 g/mol. The van der Waals surface area contributed by atoms with Gasteiger partial charge >= 0.3 is 0 Å². The van der Waals surface area contributed by atoms with E-state index in [1.54, 1.807) is 0 Å². The van der Waals surface area contributed by atoms with Crippen LogP contribution in [-0.2, 0) is 4.79 Å². The Labute approximate surface area is 106 Å². The molecule has 0 saturated heterocycles. The normalized spacial score (nSPS) is 26.6. The molecule has 1 saturated carbocycles. The zero-order valence-electron chi connectivity index (χ0n) is 11.6. The van der Waals surface area contributed by atoms with E-state index in [0.29, 0.717) is 6.04 Å². The summed E-state index contributed by atoms with van der Waals surface area (Å²) >= 11 is 0. The van der Waals surface area contributed by atoms with Gasteiger partial charge in [-0.1, -0.05) is 26.7 Å². The van der Waals surface area contributed by atoms with Crippen LogP contribution in [0.2, 0.25) is 0 Å². The van der Waals surface area contributed by atoms with Gasteiger partial charge in [0, 0.05) is 13.1 Å². The number of likely N-dealkylation sites (N-methyl/N-ethyl adjacent to an activating group) is 1. The van der Waals surface area contributed by atoms with Crippen LogP contribution >= 0.6 is 0 Å². The Morgan fingerprint density at radius 3 is 2.35 bits per heavy atom. The highest BCUT2D eigenvalue weighted by Gasteiger charge is 2.27. The standard InChI is InChI=1S/C14H28N2O/c1-4-6-13(15)14(17)16(3)12-9-7-11(5-2)8-10-12/h11-13H,4-10,15H2,1-3H3. The fourth-order valence-electron chi connectivity index (χ4n) is 2.82. The molecule has 0 aromatic rings. The van der Waals surface area contributed by atoms with E-state index in [0.717, 1.165) is 31.6 Å². The summed E-state index contributed by atoms with van der Waals surface area (Å²) < 4.78 is 0. The van der Waals surface area contributed by atoms with Crippen molar-refractivity contribution in [1.82, 2.24) is 4.90 Å². The van der Waals surface area contributed by atoms with Crippen LogP contribution in [0.3, 0.4) is 0 Å². The molecular formula is C14H28N2O. The van der Waals surface area contributed by atoms with Crippen molar-refractivity contribution < 1.29 is 4.79 Å². The van der Waals surface area contributed by atoms with E-state index in [1.165, 1.54) is 19.3 Å². The second-order valence-corrected chi connectivity index (χ2v) is 5.43. The Hall–Kier alpha value is -0.570. The molecule has 0 spiro atoms. The molecule has 1 fully saturated rings. The highest BCUT2D eigenvalue weighted by molar-refractivity contribution is 5.81. The van der Waals surface area contributed by atoms with Crippen molar-refractivity contribution in [1.29, 1.82) is 0 Å². The molecule has 1 amide bonds. The summed E-state index contributed by atoms with van der Waals surface area (Å²) in [4.78, 5) is 14.0. The van der Waals surface area contributed by atoms with Gasteiger partial charge in [-0.25, -0.2) is 0 Å². The summed E-state index contributed by atoms with van der Waals surface area (Å²) in [6.07, 6.45) is 7.89. The second-order valence-electron chi connectivity index (χ2n) is 5.43. The summed E-state index contributed by atoms with van der Waals surface area (Å²) in [5.41, 5.74) is 5.90. The first-order valence-corrected chi connectivity index (χ1v) is 7.12. The van der Waals surface area contributed by atoms with E-state index in [9.17, 15) is 4.79 Å². The van der Waals surface area contributed by atoms with Crippen LogP contribution in [-0.4, -0.2) is 29.9 Å².